The van der Waals surface area contributed by atoms with Crippen LogP contribution >= 0.6 is 0 Å². The molecule has 7 heteroatoms. The van der Waals surface area contributed by atoms with E-state index < -0.39 is 17.5 Å². The number of ether oxygens (including phenoxy) is 1. The van der Waals surface area contributed by atoms with E-state index in [2.05, 4.69) is 10.6 Å². The molecule has 6 nitrogen and oxygen atoms in total. The monoisotopic (exact) mass is 353 g/mol. The van der Waals surface area contributed by atoms with Crippen LogP contribution in [-0.2, 0) is 4.74 Å². The van der Waals surface area contributed by atoms with E-state index in [1.54, 1.807) is 0 Å². The fourth-order valence-corrected chi connectivity index (χ4v) is 2.08. The number of nitrogens with one attached hydrogen (secondary N) is 2. The highest BCUT2D eigenvalue weighted by Gasteiger charge is 2.15. The second-order valence-corrected chi connectivity index (χ2v) is 6.84. The number of nitrogens with two attached hydrogens (primary N) is 1. The van der Waals surface area contributed by atoms with Crippen molar-refractivity contribution in [2.75, 3.05) is 18.8 Å². The van der Waals surface area contributed by atoms with Crippen molar-refractivity contribution in [1.82, 2.24) is 10.6 Å². The zero-order valence-corrected chi connectivity index (χ0v) is 15.2. The van der Waals surface area contributed by atoms with E-state index in [0.717, 1.165) is 31.7 Å². The van der Waals surface area contributed by atoms with Gasteiger partial charge in [0.15, 0.2) is 0 Å². The maximum atomic E-state index is 13.3. The van der Waals surface area contributed by atoms with Gasteiger partial charge in [-0.15, -0.1) is 0 Å². The quantitative estimate of drug-likeness (QED) is 0.494. The molecule has 0 bridgehead atoms. The van der Waals surface area contributed by atoms with Crippen molar-refractivity contribution in [1.29, 1.82) is 0 Å². The number of carbonyl (C=O) groups excluding carboxylic acids is 2. The molecule has 0 saturated carbocycles. The number of benzene rings is 1. The smallest absolute Gasteiger partial charge is 0.407 e. The molecule has 0 spiro atoms. The molecule has 0 unspecified atom stereocenters. The first-order valence-corrected chi connectivity index (χ1v) is 8.49. The van der Waals surface area contributed by atoms with Gasteiger partial charge in [-0.1, -0.05) is 12.8 Å². The van der Waals surface area contributed by atoms with Gasteiger partial charge in [0.05, 0.1) is 5.69 Å². The number of alkyl carbamates (subject to hydrolysis) is 1. The molecule has 0 fully saturated rings. The summed E-state index contributed by atoms with van der Waals surface area (Å²) in [6.07, 6.45) is 3.11. The number of rotatable bonds is 8. The molecule has 0 aliphatic heterocycles. The van der Waals surface area contributed by atoms with E-state index in [4.69, 9.17) is 10.5 Å². The summed E-state index contributed by atoms with van der Waals surface area (Å²) in [6, 6.07) is 4.00. The molecule has 0 atom stereocenters. The van der Waals surface area contributed by atoms with Gasteiger partial charge in [-0.25, -0.2) is 9.18 Å². The highest BCUT2D eigenvalue weighted by atomic mass is 19.1. The topological polar surface area (TPSA) is 93.5 Å². The van der Waals surface area contributed by atoms with Gasteiger partial charge in [0, 0.05) is 18.7 Å². The number of amides is 2. The van der Waals surface area contributed by atoms with Crippen molar-refractivity contribution in [2.24, 2.45) is 0 Å². The number of hydrogen-bond acceptors (Lipinski definition) is 4. The normalized spacial score (nSPS) is 11.0. The van der Waals surface area contributed by atoms with Crippen LogP contribution in [0.4, 0.5) is 14.9 Å². The second kappa shape index (κ2) is 9.86. The first kappa shape index (κ1) is 20.7. The standard InChI is InChI=1S/C18H28FN3O3/c1-18(2,3)25-17(24)22-11-7-5-4-6-10-21-16(23)13-8-9-15(20)14(19)12-13/h8-9,12H,4-7,10-11,20H2,1-3H3,(H,21,23)(H,22,24). The van der Waals surface area contributed by atoms with E-state index in [0.29, 0.717) is 13.1 Å². The second-order valence-electron chi connectivity index (χ2n) is 6.84. The Bertz CT molecular complexity index is 585. The largest absolute Gasteiger partial charge is 0.444 e. The molecule has 0 radical (unpaired) electrons. The Morgan fingerprint density at radius 1 is 1.08 bits per heavy atom. The molecule has 0 aromatic heterocycles. The van der Waals surface area contributed by atoms with Crippen LogP contribution in [0.15, 0.2) is 18.2 Å². The lowest BCUT2D eigenvalue weighted by molar-refractivity contribution is 0.0526. The number of hydrogen-bond donors (Lipinski definition) is 3. The first-order valence-electron chi connectivity index (χ1n) is 8.49. The Labute approximate surface area is 148 Å². The molecular formula is C18H28FN3O3. The van der Waals surface area contributed by atoms with Crippen molar-refractivity contribution >= 4 is 17.7 Å². The third-order valence-electron chi connectivity index (χ3n) is 3.32. The summed E-state index contributed by atoms with van der Waals surface area (Å²) < 4.78 is 18.4. The van der Waals surface area contributed by atoms with E-state index in [1.807, 2.05) is 20.8 Å². The molecular weight excluding hydrogens is 325 g/mol. The van der Waals surface area contributed by atoms with Gasteiger partial charge in [0.1, 0.15) is 11.4 Å². The average molecular weight is 353 g/mol. The summed E-state index contributed by atoms with van der Waals surface area (Å²) in [7, 11) is 0. The first-order chi connectivity index (χ1) is 11.7. The minimum Gasteiger partial charge on any atom is -0.444 e. The predicted molar refractivity (Wildman–Crippen MR) is 95.9 cm³/mol. The molecule has 2 amide bonds. The van der Waals surface area contributed by atoms with Crippen LogP contribution in [0.25, 0.3) is 0 Å². The third kappa shape index (κ3) is 8.93. The Kier molecular flexibility index (Phi) is 8.18. The zero-order chi connectivity index (χ0) is 18.9. The molecule has 0 aliphatic rings. The minimum absolute atomic E-state index is 0.0246. The van der Waals surface area contributed by atoms with Crippen LogP contribution in [0.3, 0.4) is 0 Å². The summed E-state index contributed by atoms with van der Waals surface area (Å²) in [5, 5.41) is 5.45. The number of halogens is 1. The molecule has 0 heterocycles. The average Bonchev–Trinajstić information content (AvgIpc) is 2.50. The zero-order valence-electron chi connectivity index (χ0n) is 15.2. The van der Waals surface area contributed by atoms with E-state index in [1.165, 1.54) is 12.1 Å². The van der Waals surface area contributed by atoms with E-state index in [-0.39, 0.29) is 17.2 Å². The van der Waals surface area contributed by atoms with E-state index >= 15 is 0 Å². The van der Waals surface area contributed by atoms with Gasteiger partial charge in [-0.3, -0.25) is 4.79 Å². The van der Waals surface area contributed by atoms with Gasteiger partial charge >= 0.3 is 6.09 Å². The van der Waals surface area contributed by atoms with E-state index in [9.17, 15) is 14.0 Å². The summed E-state index contributed by atoms with van der Waals surface area (Å²) in [6.45, 7) is 6.54. The van der Waals surface area contributed by atoms with Crippen LogP contribution in [0.5, 0.6) is 0 Å². The molecule has 0 aliphatic carbocycles. The Balaban J connectivity index is 2.07. The highest BCUT2D eigenvalue weighted by Crippen LogP contribution is 2.12. The maximum absolute atomic E-state index is 13.3. The number of nitrogen functional groups attached to an aromatic ring is 1. The summed E-state index contributed by atoms with van der Waals surface area (Å²) >= 11 is 0. The summed E-state index contributed by atoms with van der Waals surface area (Å²) in [5.74, 6) is -0.907. The fourth-order valence-electron chi connectivity index (χ4n) is 2.08. The number of anilines is 1. The lowest BCUT2D eigenvalue weighted by Crippen LogP contribution is -2.33. The molecule has 1 aromatic carbocycles. The lowest BCUT2D eigenvalue weighted by Gasteiger charge is -2.19. The fraction of sp³-hybridized carbons (Fsp3) is 0.556. The Morgan fingerprint density at radius 2 is 1.68 bits per heavy atom. The van der Waals surface area contributed by atoms with Crippen molar-refractivity contribution in [2.45, 2.75) is 52.1 Å². The predicted octanol–water partition coefficient (Wildman–Crippen LogP) is 3.22. The molecule has 1 rings (SSSR count). The van der Waals surface area contributed by atoms with Crippen LogP contribution in [-0.4, -0.2) is 30.7 Å². The number of carbonyl (C=O) groups is 2. The van der Waals surface area contributed by atoms with Gasteiger partial charge in [-0.2, -0.15) is 0 Å². The van der Waals surface area contributed by atoms with Crippen LogP contribution in [0.1, 0.15) is 56.8 Å². The Morgan fingerprint density at radius 3 is 2.24 bits per heavy atom. The molecule has 25 heavy (non-hydrogen) atoms. The molecule has 0 saturated heterocycles. The third-order valence-corrected chi connectivity index (χ3v) is 3.32. The summed E-state index contributed by atoms with van der Waals surface area (Å²) in [4.78, 5) is 23.3. The Hall–Kier alpha value is -2.31. The molecule has 4 N–H and O–H groups in total. The molecule has 140 valence electrons. The summed E-state index contributed by atoms with van der Waals surface area (Å²) in [5.41, 5.74) is 5.17. The van der Waals surface area contributed by atoms with Crippen LogP contribution in [0, 0.1) is 5.82 Å². The van der Waals surface area contributed by atoms with Crippen LogP contribution < -0.4 is 16.4 Å². The number of unbranched alkanes of at least 4 members (excludes halogenated alkanes) is 3. The SMILES string of the molecule is CC(C)(C)OC(=O)NCCCCCCNC(=O)c1ccc(N)c(F)c1. The lowest BCUT2D eigenvalue weighted by atomic mass is 10.1. The van der Waals surface area contributed by atoms with Crippen molar-refractivity contribution in [3.63, 3.8) is 0 Å². The van der Waals surface area contributed by atoms with Gasteiger partial charge in [0.2, 0.25) is 0 Å². The van der Waals surface area contributed by atoms with Gasteiger partial charge in [-0.05, 0) is 51.8 Å². The van der Waals surface area contributed by atoms with Crippen molar-refractivity contribution < 1.29 is 18.7 Å². The van der Waals surface area contributed by atoms with Gasteiger partial charge in [0.25, 0.3) is 5.91 Å². The van der Waals surface area contributed by atoms with Crippen molar-refractivity contribution in [3.8, 4) is 0 Å². The van der Waals surface area contributed by atoms with Gasteiger partial charge < -0.3 is 21.1 Å². The molecule has 1 aromatic rings. The van der Waals surface area contributed by atoms with Crippen molar-refractivity contribution in [3.05, 3.63) is 29.6 Å². The maximum Gasteiger partial charge on any atom is 0.407 e. The highest BCUT2D eigenvalue weighted by molar-refractivity contribution is 5.94. The minimum atomic E-state index is -0.592. The van der Waals surface area contributed by atoms with Crippen LogP contribution in [0.2, 0.25) is 0 Å².